The molecule has 122 valence electrons. The Hall–Kier alpha value is -1.36. The highest BCUT2D eigenvalue weighted by Crippen LogP contribution is 2.25. The Labute approximate surface area is 133 Å². The molecule has 22 heavy (non-hydrogen) atoms. The molecule has 5 nitrogen and oxygen atoms in total. The van der Waals surface area contributed by atoms with Gasteiger partial charge in [-0.1, -0.05) is 19.3 Å². The summed E-state index contributed by atoms with van der Waals surface area (Å²) in [7, 11) is 1.83. The summed E-state index contributed by atoms with van der Waals surface area (Å²) in [5.74, 6) is 0.875. The molecule has 3 rings (SSSR count). The molecule has 1 aromatic rings. The van der Waals surface area contributed by atoms with Crippen molar-refractivity contribution >= 4 is 5.91 Å². The third kappa shape index (κ3) is 4.09. The largest absolute Gasteiger partial charge is 0.348 e. The Balaban J connectivity index is 1.40. The van der Waals surface area contributed by atoms with Crippen LogP contribution < -0.4 is 5.32 Å². The molecule has 0 spiro atoms. The van der Waals surface area contributed by atoms with Crippen LogP contribution in [0.1, 0.15) is 55.4 Å². The first-order chi connectivity index (χ1) is 10.7. The Morgan fingerprint density at radius 2 is 1.95 bits per heavy atom. The van der Waals surface area contributed by atoms with E-state index in [0.717, 1.165) is 31.8 Å². The minimum atomic E-state index is -0.0358. The van der Waals surface area contributed by atoms with E-state index in [1.807, 2.05) is 13.2 Å². The molecule has 1 amide bonds. The number of aryl methyl sites for hydroxylation is 1. The van der Waals surface area contributed by atoms with Gasteiger partial charge in [-0.15, -0.1) is 0 Å². The molecule has 1 aromatic heterocycles. The molecule has 0 bridgehead atoms. The second kappa shape index (κ2) is 7.27. The first kappa shape index (κ1) is 15.5. The molecule has 0 atom stereocenters. The Morgan fingerprint density at radius 1 is 1.23 bits per heavy atom. The number of nitrogens with one attached hydrogen (secondary N) is 1. The first-order valence-corrected chi connectivity index (χ1v) is 8.73. The average Bonchev–Trinajstić information content (AvgIpc) is 2.97. The molecule has 1 aliphatic carbocycles. The topological polar surface area (TPSA) is 50.2 Å². The normalized spacial score (nSPS) is 21.9. The molecule has 1 aliphatic heterocycles. The van der Waals surface area contributed by atoms with Gasteiger partial charge in [-0.25, -0.2) is 0 Å². The number of carbonyl (C=O) groups is 1. The highest BCUT2D eigenvalue weighted by molar-refractivity contribution is 5.92. The lowest BCUT2D eigenvalue weighted by atomic mass is 9.88. The maximum Gasteiger partial charge on any atom is 0.271 e. The number of rotatable bonds is 4. The van der Waals surface area contributed by atoms with E-state index in [9.17, 15) is 4.79 Å². The van der Waals surface area contributed by atoms with E-state index < -0.39 is 0 Å². The van der Waals surface area contributed by atoms with E-state index in [1.54, 1.807) is 10.7 Å². The standard InChI is InChI=1S/C17H28N4O/c1-20-10-9-16(19-20)17(22)18-15-7-11-21(12-8-15)13-14-5-3-2-4-6-14/h9-10,14-15H,2-8,11-13H2,1H3,(H,18,22). The van der Waals surface area contributed by atoms with Crippen molar-refractivity contribution in [3.8, 4) is 0 Å². The second-order valence-corrected chi connectivity index (χ2v) is 6.93. The van der Waals surface area contributed by atoms with Crippen molar-refractivity contribution in [1.82, 2.24) is 20.0 Å². The average molecular weight is 304 g/mol. The fraction of sp³-hybridized carbons (Fsp3) is 0.765. The zero-order valence-corrected chi connectivity index (χ0v) is 13.6. The maximum absolute atomic E-state index is 12.1. The van der Waals surface area contributed by atoms with E-state index in [-0.39, 0.29) is 5.91 Å². The Bertz CT molecular complexity index is 485. The van der Waals surface area contributed by atoms with Crippen LogP contribution in [0.2, 0.25) is 0 Å². The fourth-order valence-electron chi connectivity index (χ4n) is 3.79. The molecule has 1 saturated heterocycles. The summed E-state index contributed by atoms with van der Waals surface area (Å²) in [6, 6.07) is 2.07. The lowest BCUT2D eigenvalue weighted by Gasteiger charge is -2.35. The van der Waals surface area contributed by atoms with Gasteiger partial charge in [-0.05, 0) is 37.7 Å². The van der Waals surface area contributed by atoms with Crippen LogP contribution >= 0.6 is 0 Å². The summed E-state index contributed by atoms with van der Waals surface area (Å²) in [5.41, 5.74) is 0.520. The fourth-order valence-corrected chi connectivity index (χ4v) is 3.79. The summed E-state index contributed by atoms with van der Waals surface area (Å²) < 4.78 is 1.67. The maximum atomic E-state index is 12.1. The van der Waals surface area contributed by atoms with Crippen LogP contribution in [-0.2, 0) is 7.05 Å². The SMILES string of the molecule is Cn1ccc(C(=O)NC2CCN(CC3CCCCC3)CC2)n1. The van der Waals surface area contributed by atoms with Gasteiger partial charge in [0.05, 0.1) is 0 Å². The number of likely N-dealkylation sites (tertiary alicyclic amines) is 1. The molecule has 5 heteroatoms. The summed E-state index contributed by atoms with van der Waals surface area (Å²) in [4.78, 5) is 14.7. The van der Waals surface area contributed by atoms with Crippen LogP contribution in [0.3, 0.4) is 0 Å². The van der Waals surface area contributed by atoms with Crippen molar-refractivity contribution in [1.29, 1.82) is 0 Å². The number of hydrogen-bond donors (Lipinski definition) is 1. The van der Waals surface area contributed by atoms with Crippen molar-refractivity contribution in [2.24, 2.45) is 13.0 Å². The van der Waals surface area contributed by atoms with Crippen molar-refractivity contribution < 1.29 is 4.79 Å². The second-order valence-electron chi connectivity index (χ2n) is 6.93. The summed E-state index contributed by atoms with van der Waals surface area (Å²) in [6.45, 7) is 3.49. The van der Waals surface area contributed by atoms with Crippen LogP contribution in [-0.4, -0.2) is 46.3 Å². The summed E-state index contributed by atoms with van der Waals surface area (Å²) in [5, 5.41) is 7.29. The number of carbonyl (C=O) groups excluding carboxylic acids is 1. The lowest BCUT2D eigenvalue weighted by Crippen LogP contribution is -2.46. The molecule has 0 unspecified atom stereocenters. The van der Waals surface area contributed by atoms with Gasteiger partial charge in [0.2, 0.25) is 0 Å². The van der Waals surface area contributed by atoms with E-state index in [0.29, 0.717) is 11.7 Å². The molecule has 2 heterocycles. The first-order valence-electron chi connectivity index (χ1n) is 8.73. The predicted molar refractivity (Wildman–Crippen MR) is 86.7 cm³/mol. The smallest absolute Gasteiger partial charge is 0.271 e. The third-order valence-corrected chi connectivity index (χ3v) is 5.11. The minimum Gasteiger partial charge on any atom is -0.348 e. The highest BCUT2D eigenvalue weighted by Gasteiger charge is 2.24. The van der Waals surface area contributed by atoms with Gasteiger partial charge in [0.25, 0.3) is 5.91 Å². The number of nitrogens with zero attached hydrogens (tertiary/aromatic N) is 3. The zero-order chi connectivity index (χ0) is 15.4. The summed E-state index contributed by atoms with van der Waals surface area (Å²) in [6.07, 6.45) is 11.0. The predicted octanol–water partition coefficient (Wildman–Crippen LogP) is 2.19. The van der Waals surface area contributed by atoms with Gasteiger partial charge in [0, 0.05) is 38.9 Å². The van der Waals surface area contributed by atoms with Crippen LogP contribution in [0.25, 0.3) is 0 Å². The van der Waals surface area contributed by atoms with Gasteiger partial charge in [0.1, 0.15) is 5.69 Å². The molecular weight excluding hydrogens is 276 g/mol. The van der Waals surface area contributed by atoms with E-state index in [4.69, 9.17) is 0 Å². The minimum absolute atomic E-state index is 0.0358. The van der Waals surface area contributed by atoms with Crippen LogP contribution in [0.5, 0.6) is 0 Å². The molecule has 0 aromatic carbocycles. The monoisotopic (exact) mass is 304 g/mol. The number of amides is 1. The lowest BCUT2D eigenvalue weighted by molar-refractivity contribution is 0.0896. The van der Waals surface area contributed by atoms with Crippen LogP contribution in [0.4, 0.5) is 0 Å². The van der Waals surface area contributed by atoms with Crippen molar-refractivity contribution in [3.63, 3.8) is 0 Å². The van der Waals surface area contributed by atoms with Crippen LogP contribution in [0.15, 0.2) is 12.3 Å². The van der Waals surface area contributed by atoms with E-state index in [1.165, 1.54) is 38.6 Å². The molecular formula is C17H28N4O. The third-order valence-electron chi connectivity index (χ3n) is 5.11. The van der Waals surface area contributed by atoms with Crippen LogP contribution in [0, 0.1) is 5.92 Å². The number of piperidine rings is 1. The molecule has 2 fully saturated rings. The van der Waals surface area contributed by atoms with Gasteiger partial charge in [0.15, 0.2) is 0 Å². The Kier molecular flexibility index (Phi) is 5.13. The van der Waals surface area contributed by atoms with Gasteiger partial charge >= 0.3 is 0 Å². The van der Waals surface area contributed by atoms with Crippen molar-refractivity contribution in [3.05, 3.63) is 18.0 Å². The van der Waals surface area contributed by atoms with Crippen molar-refractivity contribution in [2.75, 3.05) is 19.6 Å². The zero-order valence-electron chi connectivity index (χ0n) is 13.6. The Morgan fingerprint density at radius 3 is 2.59 bits per heavy atom. The van der Waals surface area contributed by atoms with E-state index >= 15 is 0 Å². The summed E-state index contributed by atoms with van der Waals surface area (Å²) >= 11 is 0. The van der Waals surface area contributed by atoms with Gasteiger partial charge in [-0.2, -0.15) is 5.10 Å². The van der Waals surface area contributed by atoms with E-state index in [2.05, 4.69) is 15.3 Å². The quantitative estimate of drug-likeness (QED) is 0.928. The van der Waals surface area contributed by atoms with Gasteiger partial charge in [-0.3, -0.25) is 9.48 Å². The number of aromatic nitrogens is 2. The van der Waals surface area contributed by atoms with Gasteiger partial charge < -0.3 is 10.2 Å². The molecule has 1 N–H and O–H groups in total. The number of hydrogen-bond acceptors (Lipinski definition) is 3. The van der Waals surface area contributed by atoms with Crippen molar-refractivity contribution in [2.45, 2.75) is 51.0 Å². The molecule has 0 radical (unpaired) electrons. The molecule has 1 saturated carbocycles. The molecule has 2 aliphatic rings. The highest BCUT2D eigenvalue weighted by atomic mass is 16.2.